The Kier molecular flexibility index (Phi) is 2.81. The number of hydrogen-bond donors (Lipinski definition) is 3. The zero-order valence-corrected chi connectivity index (χ0v) is 12.5. The third kappa shape index (κ3) is 1.70. The maximum atomic E-state index is 10.4. The predicted octanol–water partition coefficient (Wildman–Crippen LogP) is 3.31. The minimum atomic E-state index is -0.141. The molecule has 3 nitrogen and oxygen atoms in total. The van der Waals surface area contributed by atoms with Crippen LogP contribution in [0.25, 0.3) is 0 Å². The molecule has 0 aromatic heterocycles. The summed E-state index contributed by atoms with van der Waals surface area (Å²) in [5.74, 6) is 1.81. The lowest BCUT2D eigenvalue weighted by Crippen LogP contribution is -2.43. The fourth-order valence-corrected chi connectivity index (χ4v) is 5.61. The van der Waals surface area contributed by atoms with E-state index in [0.29, 0.717) is 17.8 Å². The first kappa shape index (κ1) is 13.4. The molecule has 114 valence electrons. The van der Waals surface area contributed by atoms with Crippen LogP contribution >= 0.6 is 0 Å². The maximum absolute atomic E-state index is 10.4. The first-order valence-electron chi connectivity index (χ1n) is 8.24. The van der Waals surface area contributed by atoms with Crippen LogP contribution in [0.4, 0.5) is 0 Å². The number of rotatable bonds is 0. The zero-order chi connectivity index (χ0) is 14.8. The van der Waals surface area contributed by atoms with Crippen molar-refractivity contribution in [3.05, 3.63) is 23.3 Å². The summed E-state index contributed by atoms with van der Waals surface area (Å²) in [5.41, 5.74) is 2.29. The van der Waals surface area contributed by atoms with Crippen molar-refractivity contribution >= 4 is 0 Å². The van der Waals surface area contributed by atoms with Crippen LogP contribution in [0.5, 0.6) is 11.5 Å². The third-order valence-electron chi connectivity index (χ3n) is 6.81. The molecule has 0 heterocycles. The van der Waals surface area contributed by atoms with E-state index in [4.69, 9.17) is 0 Å². The average Bonchev–Trinajstić information content (AvgIpc) is 2.78. The molecule has 4 rings (SSSR count). The second kappa shape index (κ2) is 4.39. The molecule has 0 aliphatic heterocycles. The van der Waals surface area contributed by atoms with Gasteiger partial charge in [-0.2, -0.15) is 0 Å². The summed E-state index contributed by atoms with van der Waals surface area (Å²) < 4.78 is 0. The molecule has 1 aromatic rings. The Morgan fingerprint density at radius 2 is 1.90 bits per heavy atom. The molecule has 5 atom stereocenters. The summed E-state index contributed by atoms with van der Waals surface area (Å²) in [7, 11) is 0. The van der Waals surface area contributed by atoms with Crippen LogP contribution < -0.4 is 0 Å². The molecule has 3 aliphatic carbocycles. The molecule has 0 spiro atoms. The van der Waals surface area contributed by atoms with Gasteiger partial charge >= 0.3 is 0 Å². The fraction of sp³-hybridized carbons (Fsp3) is 0.667. The lowest BCUT2D eigenvalue weighted by Gasteiger charge is -2.50. The van der Waals surface area contributed by atoms with Crippen molar-refractivity contribution in [1.82, 2.24) is 0 Å². The number of fused-ring (bicyclic) bond motifs is 5. The van der Waals surface area contributed by atoms with E-state index in [2.05, 4.69) is 6.92 Å². The van der Waals surface area contributed by atoms with E-state index in [1.165, 1.54) is 5.56 Å². The van der Waals surface area contributed by atoms with E-state index >= 15 is 0 Å². The molecule has 0 bridgehead atoms. The number of phenols is 2. The van der Waals surface area contributed by atoms with Crippen molar-refractivity contribution in [3.63, 3.8) is 0 Å². The lowest BCUT2D eigenvalue weighted by molar-refractivity contribution is -0.0227. The van der Waals surface area contributed by atoms with E-state index in [1.54, 1.807) is 6.07 Å². The highest BCUT2D eigenvalue weighted by Gasteiger charge is 2.54. The molecule has 0 unspecified atom stereocenters. The smallest absolute Gasteiger partial charge is 0.160 e. The second-order valence-corrected chi connectivity index (χ2v) is 7.55. The van der Waals surface area contributed by atoms with Crippen LogP contribution in [0.1, 0.15) is 56.1 Å². The Balaban J connectivity index is 1.74. The number of aliphatic hydroxyl groups is 1. The van der Waals surface area contributed by atoms with Gasteiger partial charge in [0.25, 0.3) is 0 Å². The third-order valence-corrected chi connectivity index (χ3v) is 6.81. The van der Waals surface area contributed by atoms with Crippen LogP contribution in [-0.4, -0.2) is 21.4 Å². The molecule has 3 N–H and O–H groups in total. The maximum Gasteiger partial charge on any atom is 0.160 e. The van der Waals surface area contributed by atoms with Gasteiger partial charge in [-0.1, -0.05) is 13.0 Å². The van der Waals surface area contributed by atoms with Crippen LogP contribution in [-0.2, 0) is 6.42 Å². The Morgan fingerprint density at radius 3 is 2.71 bits per heavy atom. The standard InChI is InChI=1S/C18H24O3/c1-18-9-8-11-10-4-6-15(19)17(21)13(10)3-2-12(11)14(18)5-7-16(18)20/h4,6,11-12,14,16,19-21H,2-3,5,7-9H2,1H3/t11-,12+,14+,16-,18+/m1/s1. The molecular formula is C18H24O3. The highest BCUT2D eigenvalue weighted by atomic mass is 16.3. The second-order valence-electron chi connectivity index (χ2n) is 7.55. The largest absolute Gasteiger partial charge is 0.504 e. The van der Waals surface area contributed by atoms with Gasteiger partial charge in [0.1, 0.15) is 0 Å². The lowest BCUT2D eigenvalue weighted by atomic mass is 9.55. The molecule has 3 heteroatoms. The zero-order valence-electron chi connectivity index (χ0n) is 12.5. The Morgan fingerprint density at radius 1 is 1.10 bits per heavy atom. The van der Waals surface area contributed by atoms with Crippen molar-refractivity contribution in [2.75, 3.05) is 0 Å². The minimum Gasteiger partial charge on any atom is -0.504 e. The fourth-order valence-electron chi connectivity index (χ4n) is 5.61. The quantitative estimate of drug-likeness (QED) is 0.642. The highest BCUT2D eigenvalue weighted by Crippen LogP contribution is 2.61. The van der Waals surface area contributed by atoms with E-state index in [0.717, 1.165) is 44.1 Å². The molecule has 21 heavy (non-hydrogen) atoms. The number of aromatic hydroxyl groups is 2. The van der Waals surface area contributed by atoms with E-state index < -0.39 is 0 Å². The van der Waals surface area contributed by atoms with Crippen LogP contribution in [0, 0.1) is 17.3 Å². The normalized spacial score (nSPS) is 41.2. The summed E-state index contributed by atoms with van der Waals surface area (Å²) in [5, 5.41) is 30.2. The molecule has 0 amide bonds. The van der Waals surface area contributed by atoms with Gasteiger partial charge in [0.2, 0.25) is 0 Å². The van der Waals surface area contributed by atoms with Gasteiger partial charge in [0, 0.05) is 5.56 Å². The van der Waals surface area contributed by atoms with E-state index in [-0.39, 0.29) is 23.0 Å². The van der Waals surface area contributed by atoms with Gasteiger partial charge < -0.3 is 15.3 Å². The van der Waals surface area contributed by atoms with Crippen LogP contribution in [0.2, 0.25) is 0 Å². The average molecular weight is 288 g/mol. The van der Waals surface area contributed by atoms with Crippen molar-refractivity contribution in [2.45, 2.75) is 57.5 Å². The molecule has 2 saturated carbocycles. The first-order valence-corrected chi connectivity index (χ1v) is 8.24. The molecule has 3 aliphatic rings. The Bertz CT molecular complexity index is 582. The molecule has 2 fully saturated rings. The summed E-state index contributed by atoms with van der Waals surface area (Å²) in [6, 6.07) is 3.64. The number of benzene rings is 1. The molecule has 0 radical (unpaired) electrons. The van der Waals surface area contributed by atoms with Gasteiger partial charge in [-0.3, -0.25) is 0 Å². The monoisotopic (exact) mass is 288 g/mol. The van der Waals surface area contributed by atoms with Crippen molar-refractivity contribution in [1.29, 1.82) is 0 Å². The molecular weight excluding hydrogens is 264 g/mol. The summed E-state index contributed by atoms with van der Waals surface area (Å²) >= 11 is 0. The molecule has 1 aromatic carbocycles. The summed E-state index contributed by atoms with van der Waals surface area (Å²) in [4.78, 5) is 0. The number of hydrogen-bond acceptors (Lipinski definition) is 3. The predicted molar refractivity (Wildman–Crippen MR) is 80.4 cm³/mol. The number of aliphatic hydroxyl groups excluding tert-OH is 1. The molecule has 0 saturated heterocycles. The van der Waals surface area contributed by atoms with Crippen molar-refractivity contribution in [3.8, 4) is 11.5 Å². The van der Waals surface area contributed by atoms with Gasteiger partial charge in [-0.05, 0) is 73.3 Å². The Hall–Kier alpha value is -1.22. The SMILES string of the molecule is C[C@]12CC[C@@H]3c4ccc(O)c(O)c4CC[C@@H]3[C@@H]1CC[C@H]2O. The van der Waals surface area contributed by atoms with Gasteiger partial charge in [0.05, 0.1) is 6.10 Å². The van der Waals surface area contributed by atoms with Gasteiger partial charge in [-0.25, -0.2) is 0 Å². The van der Waals surface area contributed by atoms with Crippen LogP contribution in [0.3, 0.4) is 0 Å². The van der Waals surface area contributed by atoms with Gasteiger partial charge in [0.15, 0.2) is 11.5 Å². The van der Waals surface area contributed by atoms with Gasteiger partial charge in [-0.15, -0.1) is 0 Å². The number of phenolic OH excluding ortho intramolecular Hbond substituents is 2. The summed E-state index contributed by atoms with van der Waals surface area (Å²) in [6.45, 7) is 2.27. The van der Waals surface area contributed by atoms with E-state index in [1.807, 2.05) is 6.07 Å². The van der Waals surface area contributed by atoms with Crippen LogP contribution in [0.15, 0.2) is 12.1 Å². The van der Waals surface area contributed by atoms with E-state index in [9.17, 15) is 15.3 Å². The topological polar surface area (TPSA) is 60.7 Å². The highest BCUT2D eigenvalue weighted by molar-refractivity contribution is 5.51. The summed E-state index contributed by atoms with van der Waals surface area (Å²) in [6.07, 6.45) is 6.02. The first-order chi connectivity index (χ1) is 10.0. The van der Waals surface area contributed by atoms with Crippen molar-refractivity contribution < 1.29 is 15.3 Å². The van der Waals surface area contributed by atoms with Crippen molar-refractivity contribution in [2.24, 2.45) is 17.3 Å². The Labute approximate surface area is 125 Å². The minimum absolute atomic E-state index is 0.00383.